The van der Waals surface area contributed by atoms with Crippen molar-refractivity contribution < 1.29 is 22.6 Å². The van der Waals surface area contributed by atoms with Gasteiger partial charge in [0.15, 0.2) is 0 Å². The Hall–Kier alpha value is -0.890. The molecule has 0 aromatic heterocycles. The Bertz CT molecular complexity index is 560. The zero-order valence-corrected chi connectivity index (χ0v) is 17.0. The third-order valence-electron chi connectivity index (χ3n) is 4.07. The topological polar surface area (TPSA) is 33.7 Å². The number of methoxy groups -OCH3 is 1. The van der Waals surface area contributed by atoms with E-state index in [1.54, 1.807) is 6.07 Å². The molecule has 1 aromatic carbocycles. The van der Waals surface area contributed by atoms with E-state index in [2.05, 4.69) is 35.7 Å². The van der Waals surface area contributed by atoms with Gasteiger partial charge in [-0.2, -0.15) is 0 Å². The fourth-order valence-electron chi connectivity index (χ4n) is 3.27. The maximum atomic E-state index is 12.4. The first-order valence-electron chi connectivity index (χ1n) is 8.00. The number of piperazine rings is 1. The van der Waals surface area contributed by atoms with Gasteiger partial charge in [0.05, 0.1) is 7.11 Å². The van der Waals surface area contributed by atoms with Gasteiger partial charge in [0, 0.05) is 43.9 Å². The van der Waals surface area contributed by atoms with Crippen LogP contribution in [0.2, 0.25) is 0 Å². The first-order valence-corrected chi connectivity index (χ1v) is 8.00. The monoisotopic (exact) mass is 418 g/mol. The van der Waals surface area contributed by atoms with Gasteiger partial charge in [-0.25, -0.2) is 0 Å². The second-order valence-electron chi connectivity index (χ2n) is 7.01. The summed E-state index contributed by atoms with van der Waals surface area (Å²) in [6.07, 6.45) is -4.71. The van der Waals surface area contributed by atoms with Gasteiger partial charge >= 0.3 is 6.36 Å². The van der Waals surface area contributed by atoms with Crippen LogP contribution < -0.4 is 14.8 Å². The number of hydrogen-bond acceptors (Lipinski definition) is 4. The Balaban J connectivity index is 0.00000312. The summed E-state index contributed by atoms with van der Waals surface area (Å²) in [5.41, 5.74) is 0.776. The Morgan fingerprint density at radius 3 is 2.12 bits per heavy atom. The molecule has 0 bridgehead atoms. The number of nitrogens with one attached hydrogen (secondary N) is 1. The molecule has 0 aliphatic carbocycles. The van der Waals surface area contributed by atoms with Crippen LogP contribution in [-0.4, -0.2) is 44.6 Å². The Morgan fingerprint density at radius 1 is 1.08 bits per heavy atom. The van der Waals surface area contributed by atoms with Crippen molar-refractivity contribution in [2.24, 2.45) is 5.41 Å². The smallest absolute Gasteiger partial charge is 0.496 e. The van der Waals surface area contributed by atoms with Crippen LogP contribution in [0.5, 0.6) is 11.5 Å². The van der Waals surface area contributed by atoms with Crippen molar-refractivity contribution >= 4 is 24.8 Å². The zero-order chi connectivity index (χ0) is 18.0. The molecule has 0 amide bonds. The molecule has 1 atom stereocenters. The predicted molar refractivity (Wildman–Crippen MR) is 101 cm³/mol. The average Bonchev–Trinajstić information content (AvgIpc) is 2.47. The van der Waals surface area contributed by atoms with Crippen LogP contribution in [0.15, 0.2) is 18.2 Å². The number of nitrogens with zero attached hydrogens (tertiary/aromatic N) is 1. The van der Waals surface area contributed by atoms with Crippen molar-refractivity contribution in [1.82, 2.24) is 10.2 Å². The van der Waals surface area contributed by atoms with E-state index in [1.807, 2.05) is 0 Å². The van der Waals surface area contributed by atoms with Gasteiger partial charge in [0.2, 0.25) is 0 Å². The van der Waals surface area contributed by atoms with Gasteiger partial charge in [-0.15, -0.1) is 38.0 Å². The van der Waals surface area contributed by atoms with E-state index in [0.29, 0.717) is 5.75 Å². The lowest BCUT2D eigenvalue weighted by Crippen LogP contribution is -2.48. The summed E-state index contributed by atoms with van der Waals surface area (Å²) >= 11 is 0. The molecule has 0 spiro atoms. The normalized spacial score (nSPS) is 16.9. The van der Waals surface area contributed by atoms with Gasteiger partial charge in [-0.3, -0.25) is 4.90 Å². The van der Waals surface area contributed by atoms with E-state index in [4.69, 9.17) is 4.74 Å². The van der Waals surface area contributed by atoms with Crippen molar-refractivity contribution in [1.29, 1.82) is 0 Å². The van der Waals surface area contributed by atoms with E-state index < -0.39 is 6.36 Å². The molecule has 0 radical (unpaired) electrons. The molecule has 26 heavy (non-hydrogen) atoms. The molecule has 9 heteroatoms. The van der Waals surface area contributed by atoms with Crippen molar-refractivity contribution in [2.75, 3.05) is 33.3 Å². The largest absolute Gasteiger partial charge is 0.573 e. The van der Waals surface area contributed by atoms with Crippen molar-refractivity contribution in [3.63, 3.8) is 0 Å². The number of benzene rings is 1. The van der Waals surface area contributed by atoms with Crippen LogP contribution in [-0.2, 0) is 0 Å². The molecule has 1 aromatic rings. The van der Waals surface area contributed by atoms with Gasteiger partial charge in [-0.05, 0) is 11.5 Å². The summed E-state index contributed by atoms with van der Waals surface area (Å²) in [7, 11) is 1.47. The molecule has 0 saturated carbocycles. The summed E-state index contributed by atoms with van der Waals surface area (Å²) in [4.78, 5) is 2.35. The van der Waals surface area contributed by atoms with E-state index in [9.17, 15) is 13.2 Å². The highest BCUT2D eigenvalue weighted by atomic mass is 35.5. The molecular weight excluding hydrogens is 392 g/mol. The van der Waals surface area contributed by atoms with Crippen LogP contribution in [0.25, 0.3) is 0 Å². The molecule has 4 nitrogen and oxygen atoms in total. The van der Waals surface area contributed by atoms with Gasteiger partial charge in [0.25, 0.3) is 0 Å². The molecule has 0 unspecified atom stereocenters. The fourth-order valence-corrected chi connectivity index (χ4v) is 3.27. The third-order valence-corrected chi connectivity index (χ3v) is 4.07. The highest BCUT2D eigenvalue weighted by Gasteiger charge is 2.35. The van der Waals surface area contributed by atoms with Gasteiger partial charge in [0.1, 0.15) is 11.5 Å². The number of rotatable bonds is 4. The Kier molecular flexibility index (Phi) is 9.54. The van der Waals surface area contributed by atoms with Crippen molar-refractivity contribution in [3.8, 4) is 11.5 Å². The average molecular weight is 419 g/mol. The quantitative estimate of drug-likeness (QED) is 0.783. The number of halogens is 5. The second-order valence-corrected chi connectivity index (χ2v) is 7.01. The molecule has 1 aliphatic rings. The van der Waals surface area contributed by atoms with E-state index in [1.165, 1.54) is 19.2 Å². The maximum Gasteiger partial charge on any atom is 0.573 e. The number of ether oxygens (including phenoxy) is 2. The van der Waals surface area contributed by atoms with Crippen LogP contribution >= 0.6 is 24.8 Å². The van der Waals surface area contributed by atoms with Crippen LogP contribution in [0.4, 0.5) is 13.2 Å². The molecule has 1 heterocycles. The summed E-state index contributed by atoms with van der Waals surface area (Å²) in [5.74, 6) is 0.145. The van der Waals surface area contributed by atoms with Crippen molar-refractivity contribution in [2.45, 2.75) is 33.2 Å². The minimum atomic E-state index is -4.71. The highest BCUT2D eigenvalue weighted by molar-refractivity contribution is 5.85. The van der Waals surface area contributed by atoms with E-state index in [0.717, 1.165) is 31.7 Å². The molecule has 1 fully saturated rings. The lowest BCUT2D eigenvalue weighted by atomic mass is 9.80. The standard InChI is InChI=1S/C17H25F3N2O2.2ClH/c1-16(2,3)15(22-9-7-21-8-10-22)13-6-5-12(11-14(13)23-4)24-17(18,19)20;;/h5-6,11,15,21H,7-10H2,1-4H3;2*1H/t15-;;/m0../s1. The maximum absolute atomic E-state index is 12.4. The Labute approximate surface area is 165 Å². The number of hydrogen-bond donors (Lipinski definition) is 1. The van der Waals surface area contributed by atoms with Gasteiger partial charge in [-0.1, -0.05) is 26.8 Å². The summed E-state index contributed by atoms with van der Waals surface area (Å²) in [5, 5.41) is 3.32. The number of alkyl halides is 3. The third kappa shape index (κ3) is 6.68. The van der Waals surface area contributed by atoms with Crippen LogP contribution in [0, 0.1) is 5.41 Å². The molecule has 1 N–H and O–H groups in total. The first kappa shape index (κ1) is 25.1. The van der Waals surface area contributed by atoms with Crippen LogP contribution in [0.1, 0.15) is 32.4 Å². The van der Waals surface area contributed by atoms with Crippen LogP contribution in [0.3, 0.4) is 0 Å². The molecular formula is C17H27Cl2F3N2O2. The second kappa shape index (κ2) is 9.88. The summed E-state index contributed by atoms with van der Waals surface area (Å²) in [6.45, 7) is 9.92. The lowest BCUT2D eigenvalue weighted by Gasteiger charge is -2.43. The minimum Gasteiger partial charge on any atom is -0.496 e. The fraction of sp³-hybridized carbons (Fsp3) is 0.647. The zero-order valence-electron chi connectivity index (χ0n) is 15.4. The predicted octanol–water partition coefficient (Wildman–Crippen LogP) is 4.43. The van der Waals surface area contributed by atoms with E-state index >= 15 is 0 Å². The SMILES string of the molecule is COc1cc(OC(F)(F)F)ccc1[C@H](N1CCNCC1)C(C)(C)C.Cl.Cl. The molecule has 1 aliphatic heterocycles. The minimum absolute atomic E-state index is 0. The molecule has 152 valence electrons. The Morgan fingerprint density at radius 2 is 1.65 bits per heavy atom. The summed E-state index contributed by atoms with van der Waals surface area (Å²) in [6, 6.07) is 4.38. The van der Waals surface area contributed by atoms with Gasteiger partial charge < -0.3 is 14.8 Å². The summed E-state index contributed by atoms with van der Waals surface area (Å²) < 4.78 is 46.7. The van der Waals surface area contributed by atoms with E-state index in [-0.39, 0.29) is 42.0 Å². The lowest BCUT2D eigenvalue weighted by molar-refractivity contribution is -0.274. The highest BCUT2D eigenvalue weighted by Crippen LogP contribution is 2.43. The van der Waals surface area contributed by atoms with Crippen molar-refractivity contribution in [3.05, 3.63) is 23.8 Å². The molecule has 1 saturated heterocycles. The molecule has 2 rings (SSSR count). The first-order chi connectivity index (χ1) is 11.1.